The molecule has 1 aliphatic rings. The van der Waals surface area contributed by atoms with Crippen LogP contribution >= 0.6 is 23.1 Å². The van der Waals surface area contributed by atoms with Crippen LogP contribution in [0.1, 0.15) is 32.2 Å². The van der Waals surface area contributed by atoms with E-state index in [1.165, 1.54) is 16.9 Å². The highest BCUT2D eigenvalue weighted by Crippen LogP contribution is 2.33. The lowest BCUT2D eigenvalue weighted by atomic mass is 10.1. The van der Waals surface area contributed by atoms with Gasteiger partial charge in [0, 0.05) is 17.9 Å². The fraction of sp³-hybridized carbons (Fsp3) is 0.263. The number of nitrogens with zero attached hydrogens (tertiary/aromatic N) is 4. The number of nitriles is 1. The van der Waals surface area contributed by atoms with Crippen LogP contribution in [-0.4, -0.2) is 26.2 Å². The first-order chi connectivity index (χ1) is 13.0. The van der Waals surface area contributed by atoms with Gasteiger partial charge in [-0.05, 0) is 26.3 Å². The van der Waals surface area contributed by atoms with Crippen LogP contribution in [0.2, 0.25) is 0 Å². The van der Waals surface area contributed by atoms with Crippen molar-refractivity contribution in [3.05, 3.63) is 45.6 Å². The molecule has 0 bridgehead atoms. The molecule has 1 aliphatic heterocycles. The smallest absolute Gasteiger partial charge is 0.268 e. The maximum Gasteiger partial charge on any atom is 0.268 e. The number of carbonyl (C=O) groups is 1. The highest BCUT2D eigenvalue weighted by molar-refractivity contribution is 7.99. The zero-order valence-corrected chi connectivity index (χ0v) is 16.8. The summed E-state index contributed by atoms with van der Waals surface area (Å²) in [5.74, 6) is 0.947. The predicted molar refractivity (Wildman–Crippen MR) is 107 cm³/mol. The molecule has 3 aromatic rings. The molecule has 0 spiro atoms. The number of aromatic nitrogens is 3. The molecule has 0 atom stereocenters. The van der Waals surface area contributed by atoms with Crippen molar-refractivity contribution in [3.8, 4) is 16.6 Å². The topological polar surface area (TPSA) is 83.6 Å². The van der Waals surface area contributed by atoms with E-state index >= 15 is 0 Å². The molecular formula is C19H17N5OS2. The molecule has 1 N–H and O–H groups in total. The molecule has 6 nitrogen and oxygen atoms in total. The fourth-order valence-corrected chi connectivity index (χ4v) is 5.12. The van der Waals surface area contributed by atoms with Gasteiger partial charge in [0.1, 0.15) is 16.0 Å². The first kappa shape index (κ1) is 17.8. The minimum absolute atomic E-state index is 0.278. The van der Waals surface area contributed by atoms with Crippen molar-refractivity contribution in [1.82, 2.24) is 14.5 Å². The Morgan fingerprint density at radius 2 is 2.11 bits per heavy atom. The summed E-state index contributed by atoms with van der Waals surface area (Å²) in [7, 11) is 0. The number of imidazole rings is 1. The number of aryl methyl sites for hydroxylation is 3. The molecule has 0 aliphatic carbocycles. The van der Waals surface area contributed by atoms with Gasteiger partial charge in [0.05, 0.1) is 5.69 Å². The summed E-state index contributed by atoms with van der Waals surface area (Å²) in [4.78, 5) is 22.3. The summed E-state index contributed by atoms with van der Waals surface area (Å²) in [6.07, 6.45) is 0. The Kier molecular flexibility index (Phi) is 4.50. The van der Waals surface area contributed by atoms with Gasteiger partial charge in [0.15, 0.2) is 16.7 Å². The third kappa shape index (κ3) is 3.13. The molecule has 8 heteroatoms. The quantitative estimate of drug-likeness (QED) is 0.720. The Labute approximate surface area is 165 Å². The molecule has 1 amide bonds. The van der Waals surface area contributed by atoms with Gasteiger partial charge >= 0.3 is 0 Å². The Morgan fingerprint density at radius 1 is 1.30 bits per heavy atom. The minimum Gasteiger partial charge on any atom is -0.308 e. The Balaban J connectivity index is 1.64. The highest BCUT2D eigenvalue weighted by atomic mass is 32.2. The van der Waals surface area contributed by atoms with Gasteiger partial charge in [-0.15, -0.1) is 11.3 Å². The summed E-state index contributed by atoms with van der Waals surface area (Å²) in [5.41, 5.74) is 4.43. The lowest BCUT2D eigenvalue weighted by molar-refractivity contribution is 0.102. The van der Waals surface area contributed by atoms with Crippen LogP contribution in [0.15, 0.2) is 23.4 Å². The van der Waals surface area contributed by atoms with Gasteiger partial charge in [0.2, 0.25) is 0 Å². The van der Waals surface area contributed by atoms with E-state index in [9.17, 15) is 10.1 Å². The van der Waals surface area contributed by atoms with Crippen molar-refractivity contribution in [1.29, 1.82) is 5.26 Å². The molecule has 0 saturated heterocycles. The van der Waals surface area contributed by atoms with Gasteiger partial charge in [0.25, 0.3) is 5.91 Å². The molecule has 4 rings (SSSR count). The van der Waals surface area contributed by atoms with Crippen molar-refractivity contribution < 1.29 is 4.79 Å². The number of thiazole rings is 1. The Morgan fingerprint density at radius 3 is 2.85 bits per heavy atom. The lowest BCUT2D eigenvalue weighted by Gasteiger charge is -2.03. The third-order valence-electron chi connectivity index (χ3n) is 4.43. The van der Waals surface area contributed by atoms with E-state index in [1.807, 2.05) is 30.5 Å². The van der Waals surface area contributed by atoms with E-state index in [1.54, 1.807) is 11.8 Å². The number of amides is 1. The lowest BCUT2D eigenvalue weighted by Crippen LogP contribution is -2.13. The van der Waals surface area contributed by atoms with Crippen LogP contribution in [0.3, 0.4) is 0 Å². The van der Waals surface area contributed by atoms with Crippen molar-refractivity contribution >= 4 is 34.8 Å². The average Bonchev–Trinajstić information content (AvgIpc) is 3.29. The average molecular weight is 396 g/mol. The Hall–Kier alpha value is -2.63. The second-order valence-electron chi connectivity index (χ2n) is 6.41. The molecular weight excluding hydrogens is 378 g/mol. The molecule has 27 heavy (non-hydrogen) atoms. The maximum atomic E-state index is 12.8. The normalized spacial score (nSPS) is 12.7. The minimum atomic E-state index is -0.278. The van der Waals surface area contributed by atoms with Crippen LogP contribution in [0.5, 0.6) is 0 Å². The standard InChI is InChI=1S/C19H17N5OS2/c1-10-4-5-13(11(2)8-10)18-21-12(3)15(27-18)17(25)22-16-14(9-20)24-6-7-26-19(24)23-16/h4-5,8H,6-7H2,1-3H3,(H,22,25). The van der Waals surface area contributed by atoms with E-state index in [-0.39, 0.29) is 5.91 Å². The number of hydrogen-bond donors (Lipinski definition) is 1. The van der Waals surface area contributed by atoms with Crippen LogP contribution in [0.4, 0.5) is 5.82 Å². The van der Waals surface area contributed by atoms with Crippen LogP contribution < -0.4 is 5.32 Å². The van der Waals surface area contributed by atoms with Crippen molar-refractivity contribution in [2.24, 2.45) is 0 Å². The van der Waals surface area contributed by atoms with Crippen LogP contribution in [-0.2, 0) is 6.54 Å². The molecule has 0 radical (unpaired) electrons. The fourth-order valence-electron chi connectivity index (χ4n) is 3.12. The number of hydrogen-bond acceptors (Lipinski definition) is 6. The molecule has 2 aromatic heterocycles. The first-order valence-electron chi connectivity index (χ1n) is 8.47. The summed E-state index contributed by atoms with van der Waals surface area (Å²) in [6.45, 7) is 6.66. The number of thioether (sulfide) groups is 1. The first-order valence-corrected chi connectivity index (χ1v) is 10.3. The molecule has 136 valence electrons. The van der Waals surface area contributed by atoms with Crippen LogP contribution in [0.25, 0.3) is 10.6 Å². The predicted octanol–water partition coefficient (Wildman–Crippen LogP) is 4.16. The number of fused-ring (bicyclic) bond motifs is 1. The third-order valence-corrected chi connectivity index (χ3v) is 6.58. The van der Waals surface area contributed by atoms with E-state index in [2.05, 4.69) is 34.3 Å². The number of rotatable bonds is 3. The van der Waals surface area contributed by atoms with E-state index in [0.717, 1.165) is 33.6 Å². The molecule has 0 saturated carbocycles. The SMILES string of the molecule is Cc1ccc(-c2nc(C)c(C(=O)Nc3nc4n(c3C#N)CCS4)s2)c(C)c1. The number of anilines is 1. The number of carbonyl (C=O) groups excluding carboxylic acids is 1. The second-order valence-corrected chi connectivity index (χ2v) is 8.47. The number of benzene rings is 1. The van der Waals surface area contributed by atoms with Gasteiger partial charge < -0.3 is 9.88 Å². The molecule has 0 fully saturated rings. The highest BCUT2D eigenvalue weighted by Gasteiger charge is 2.25. The van der Waals surface area contributed by atoms with Crippen molar-refractivity contribution in [3.63, 3.8) is 0 Å². The van der Waals surface area contributed by atoms with Gasteiger partial charge in [-0.3, -0.25) is 4.79 Å². The molecule has 0 unspecified atom stereocenters. The van der Waals surface area contributed by atoms with Crippen molar-refractivity contribution in [2.75, 3.05) is 11.1 Å². The zero-order chi connectivity index (χ0) is 19.1. The van der Waals surface area contributed by atoms with E-state index in [4.69, 9.17) is 0 Å². The van der Waals surface area contributed by atoms with Gasteiger partial charge in [-0.25, -0.2) is 9.97 Å². The summed E-state index contributed by atoms with van der Waals surface area (Å²) < 4.78 is 1.85. The zero-order valence-electron chi connectivity index (χ0n) is 15.2. The van der Waals surface area contributed by atoms with Crippen molar-refractivity contribution in [2.45, 2.75) is 32.5 Å². The number of nitrogens with one attached hydrogen (secondary N) is 1. The summed E-state index contributed by atoms with van der Waals surface area (Å²) >= 11 is 2.95. The monoisotopic (exact) mass is 395 g/mol. The Bertz CT molecular complexity index is 1110. The largest absolute Gasteiger partial charge is 0.308 e. The summed E-state index contributed by atoms with van der Waals surface area (Å²) in [5, 5.41) is 13.8. The van der Waals surface area contributed by atoms with E-state index < -0.39 is 0 Å². The van der Waals surface area contributed by atoms with Gasteiger partial charge in [-0.1, -0.05) is 35.5 Å². The van der Waals surface area contributed by atoms with Gasteiger partial charge in [-0.2, -0.15) is 5.26 Å². The maximum absolute atomic E-state index is 12.8. The second kappa shape index (κ2) is 6.83. The molecule has 1 aromatic carbocycles. The molecule has 3 heterocycles. The van der Waals surface area contributed by atoms with E-state index in [0.29, 0.717) is 22.1 Å². The summed E-state index contributed by atoms with van der Waals surface area (Å²) in [6, 6.07) is 8.34. The van der Waals surface area contributed by atoms with Crippen LogP contribution in [0, 0.1) is 32.1 Å².